The summed E-state index contributed by atoms with van der Waals surface area (Å²) in [5.41, 5.74) is 7.70. The number of fused-ring (bicyclic) bond motifs is 3. The molecule has 2 heterocycles. The maximum Gasteiger partial charge on any atom is 0.135 e. The first kappa shape index (κ1) is 19.6. The van der Waals surface area contributed by atoms with Crippen molar-refractivity contribution in [3.63, 3.8) is 0 Å². The van der Waals surface area contributed by atoms with E-state index in [4.69, 9.17) is 9.40 Å². The molecule has 0 saturated carbocycles. The molecule has 0 radical (unpaired) electrons. The molecule has 0 spiro atoms. The van der Waals surface area contributed by atoms with Crippen molar-refractivity contribution in [3.05, 3.63) is 102 Å². The van der Waals surface area contributed by atoms with Gasteiger partial charge in [-0.05, 0) is 59.0 Å². The van der Waals surface area contributed by atoms with Gasteiger partial charge in [0.1, 0.15) is 11.2 Å². The van der Waals surface area contributed by atoms with Crippen LogP contribution >= 0.6 is 0 Å². The molecule has 0 bridgehead atoms. The van der Waals surface area contributed by atoms with E-state index in [9.17, 15) is 0 Å². The Kier molecular flexibility index (Phi) is 4.66. The van der Waals surface area contributed by atoms with Crippen molar-refractivity contribution >= 4 is 21.9 Å². The molecular formula is C29H27NO. The number of aromatic nitrogens is 1. The lowest BCUT2D eigenvalue weighted by atomic mass is 9.78. The van der Waals surface area contributed by atoms with Gasteiger partial charge in [-0.3, -0.25) is 4.98 Å². The summed E-state index contributed by atoms with van der Waals surface area (Å²) in [7, 11) is 0. The number of hydrogen-bond acceptors (Lipinski definition) is 2. The Balaban J connectivity index is 1.59. The van der Waals surface area contributed by atoms with Crippen LogP contribution in [-0.2, 0) is 5.41 Å². The number of hydrogen-bond donors (Lipinski definition) is 0. The van der Waals surface area contributed by atoms with Crippen molar-refractivity contribution in [2.45, 2.75) is 39.0 Å². The van der Waals surface area contributed by atoms with Crippen LogP contribution in [0.4, 0.5) is 0 Å². The monoisotopic (exact) mass is 405 g/mol. The number of rotatable bonds is 4. The molecule has 31 heavy (non-hydrogen) atoms. The molecule has 3 aromatic carbocycles. The molecule has 0 aliphatic carbocycles. The quantitative estimate of drug-likeness (QED) is 0.302. The van der Waals surface area contributed by atoms with Gasteiger partial charge in [0.15, 0.2) is 0 Å². The third-order valence-electron chi connectivity index (χ3n) is 6.43. The fraction of sp³-hybridized carbons (Fsp3) is 0.207. The minimum atomic E-state index is -0.0986. The maximum absolute atomic E-state index is 6.15. The Labute approximate surface area is 183 Å². The lowest BCUT2D eigenvalue weighted by molar-refractivity contribution is 0.640. The summed E-state index contributed by atoms with van der Waals surface area (Å²) in [6, 6.07) is 27.9. The Hall–Kier alpha value is -3.39. The molecule has 0 unspecified atom stereocenters. The van der Waals surface area contributed by atoms with Gasteiger partial charge in [-0.1, -0.05) is 70.2 Å². The van der Waals surface area contributed by atoms with Crippen LogP contribution in [0.15, 0.2) is 89.5 Å². The molecule has 5 rings (SSSR count). The Morgan fingerprint density at radius 2 is 1.55 bits per heavy atom. The number of benzene rings is 3. The van der Waals surface area contributed by atoms with Gasteiger partial charge in [-0.25, -0.2) is 0 Å². The second kappa shape index (κ2) is 7.39. The van der Waals surface area contributed by atoms with Gasteiger partial charge >= 0.3 is 0 Å². The lowest BCUT2D eigenvalue weighted by Gasteiger charge is -2.26. The molecule has 2 heteroatoms. The fourth-order valence-corrected chi connectivity index (χ4v) is 4.31. The molecule has 0 aliphatic heterocycles. The molecule has 5 aromatic rings. The van der Waals surface area contributed by atoms with E-state index in [1.807, 2.05) is 6.20 Å². The van der Waals surface area contributed by atoms with Gasteiger partial charge in [0.2, 0.25) is 0 Å². The molecule has 0 aliphatic rings. The Morgan fingerprint density at radius 1 is 0.742 bits per heavy atom. The highest BCUT2D eigenvalue weighted by Gasteiger charge is 2.23. The van der Waals surface area contributed by atoms with Crippen LogP contribution in [0.25, 0.3) is 33.2 Å². The van der Waals surface area contributed by atoms with E-state index in [-0.39, 0.29) is 5.41 Å². The van der Waals surface area contributed by atoms with Gasteiger partial charge < -0.3 is 4.42 Å². The molecule has 2 nitrogen and oxygen atoms in total. The van der Waals surface area contributed by atoms with E-state index in [1.165, 1.54) is 16.7 Å². The predicted octanol–water partition coefficient (Wildman–Crippen LogP) is 8.10. The Morgan fingerprint density at radius 3 is 2.32 bits per heavy atom. The molecule has 0 amide bonds. The molecule has 0 N–H and O–H groups in total. The molecular weight excluding hydrogens is 378 g/mol. The van der Waals surface area contributed by atoms with Crippen molar-refractivity contribution in [2.24, 2.45) is 0 Å². The van der Waals surface area contributed by atoms with Crippen molar-refractivity contribution in [3.8, 4) is 11.3 Å². The van der Waals surface area contributed by atoms with Crippen LogP contribution in [0.1, 0.15) is 50.3 Å². The minimum Gasteiger partial charge on any atom is -0.456 e. The van der Waals surface area contributed by atoms with E-state index < -0.39 is 0 Å². The third-order valence-corrected chi connectivity index (χ3v) is 6.43. The summed E-state index contributed by atoms with van der Waals surface area (Å²) in [6.07, 6.45) is 1.92. The number of furan rings is 1. The number of nitrogens with zero attached hydrogens (tertiary/aromatic N) is 1. The standard InChI is InChI=1S/C29H27NO/c1-19(2)20-10-12-24-25-16-21(11-13-27(25)31-28(24)17-20)26-18-23(14-15-30-26)29(3,4)22-8-6-5-7-9-22/h5-19H,1-4H3. The molecule has 0 fully saturated rings. The van der Waals surface area contributed by atoms with Crippen LogP contribution in [0.3, 0.4) is 0 Å². The van der Waals surface area contributed by atoms with E-state index in [2.05, 4.69) is 107 Å². The first-order valence-electron chi connectivity index (χ1n) is 10.9. The second-order valence-electron chi connectivity index (χ2n) is 9.14. The van der Waals surface area contributed by atoms with Crippen molar-refractivity contribution in [1.82, 2.24) is 4.98 Å². The van der Waals surface area contributed by atoms with Gasteiger partial charge in [0, 0.05) is 27.9 Å². The van der Waals surface area contributed by atoms with E-state index in [1.54, 1.807) is 0 Å². The van der Waals surface area contributed by atoms with Crippen LogP contribution < -0.4 is 0 Å². The van der Waals surface area contributed by atoms with Crippen LogP contribution in [0.2, 0.25) is 0 Å². The topological polar surface area (TPSA) is 26.0 Å². The van der Waals surface area contributed by atoms with Crippen LogP contribution in [0, 0.1) is 0 Å². The van der Waals surface area contributed by atoms with Crippen molar-refractivity contribution < 1.29 is 4.42 Å². The highest BCUT2D eigenvalue weighted by Crippen LogP contribution is 2.36. The fourth-order valence-electron chi connectivity index (χ4n) is 4.31. The van der Waals surface area contributed by atoms with Gasteiger partial charge in [-0.15, -0.1) is 0 Å². The predicted molar refractivity (Wildman–Crippen MR) is 130 cm³/mol. The van der Waals surface area contributed by atoms with Gasteiger partial charge in [0.25, 0.3) is 0 Å². The van der Waals surface area contributed by atoms with E-state index in [0.717, 1.165) is 33.2 Å². The summed E-state index contributed by atoms with van der Waals surface area (Å²) in [5.74, 6) is 0.480. The summed E-state index contributed by atoms with van der Waals surface area (Å²) in [4.78, 5) is 4.69. The summed E-state index contributed by atoms with van der Waals surface area (Å²) in [6.45, 7) is 8.94. The normalized spacial score (nSPS) is 12.2. The molecule has 0 atom stereocenters. The largest absolute Gasteiger partial charge is 0.456 e. The Bertz CT molecular complexity index is 1380. The van der Waals surface area contributed by atoms with Crippen molar-refractivity contribution in [2.75, 3.05) is 0 Å². The molecule has 154 valence electrons. The first-order chi connectivity index (χ1) is 14.9. The average Bonchev–Trinajstić information content (AvgIpc) is 3.16. The SMILES string of the molecule is CC(C)c1ccc2c(c1)oc1ccc(-c3cc(C(C)(C)c4ccccc4)ccn3)cc12. The first-order valence-corrected chi connectivity index (χ1v) is 10.9. The second-order valence-corrected chi connectivity index (χ2v) is 9.14. The van der Waals surface area contributed by atoms with Gasteiger partial charge in [-0.2, -0.15) is 0 Å². The van der Waals surface area contributed by atoms with Gasteiger partial charge in [0.05, 0.1) is 5.69 Å². The zero-order valence-corrected chi connectivity index (χ0v) is 18.5. The third kappa shape index (κ3) is 3.42. The van der Waals surface area contributed by atoms with Crippen LogP contribution in [-0.4, -0.2) is 4.98 Å². The average molecular weight is 406 g/mol. The zero-order valence-electron chi connectivity index (χ0n) is 18.5. The smallest absolute Gasteiger partial charge is 0.135 e. The summed E-state index contributed by atoms with van der Waals surface area (Å²) >= 11 is 0. The highest BCUT2D eigenvalue weighted by atomic mass is 16.3. The number of pyridine rings is 1. The molecule has 2 aromatic heterocycles. The van der Waals surface area contributed by atoms with Crippen LogP contribution in [0.5, 0.6) is 0 Å². The zero-order chi connectivity index (χ0) is 21.6. The highest BCUT2D eigenvalue weighted by molar-refractivity contribution is 6.06. The minimum absolute atomic E-state index is 0.0986. The lowest BCUT2D eigenvalue weighted by Crippen LogP contribution is -2.18. The summed E-state index contributed by atoms with van der Waals surface area (Å²) < 4.78 is 6.15. The van der Waals surface area contributed by atoms with E-state index in [0.29, 0.717) is 5.92 Å². The summed E-state index contributed by atoms with van der Waals surface area (Å²) in [5, 5.41) is 2.29. The van der Waals surface area contributed by atoms with Crippen molar-refractivity contribution in [1.29, 1.82) is 0 Å². The van der Waals surface area contributed by atoms with E-state index >= 15 is 0 Å². The molecule has 0 saturated heterocycles. The maximum atomic E-state index is 6.15.